The van der Waals surface area contributed by atoms with E-state index in [1.807, 2.05) is 0 Å². The lowest BCUT2D eigenvalue weighted by molar-refractivity contribution is -0.127. The van der Waals surface area contributed by atoms with Crippen LogP contribution in [0.15, 0.2) is 67.5 Å². The molecule has 1 amide bonds. The summed E-state index contributed by atoms with van der Waals surface area (Å²) in [5.41, 5.74) is 0.964. The molecule has 2 N–H and O–H groups in total. The van der Waals surface area contributed by atoms with Gasteiger partial charge in [0.2, 0.25) is 5.91 Å². The molecule has 35 heavy (non-hydrogen) atoms. The maximum Gasteiger partial charge on any atom is 0.245 e. The monoisotopic (exact) mass is 480 g/mol. The molecule has 1 aliphatic heterocycles. The molecule has 9 heteroatoms. The van der Waals surface area contributed by atoms with Crippen molar-refractivity contribution in [1.29, 1.82) is 5.41 Å². The van der Waals surface area contributed by atoms with Crippen molar-refractivity contribution in [2.24, 2.45) is 5.92 Å². The van der Waals surface area contributed by atoms with Gasteiger partial charge in [0.15, 0.2) is 23.2 Å². The van der Waals surface area contributed by atoms with Crippen LogP contribution in [-0.4, -0.2) is 34.6 Å². The predicted octanol–water partition coefficient (Wildman–Crippen LogP) is 5.83. The Labute approximate surface area is 200 Å². The summed E-state index contributed by atoms with van der Waals surface area (Å²) in [6, 6.07) is 9.64. The maximum atomic E-state index is 14.8. The average molecular weight is 480 g/mol. The fourth-order valence-corrected chi connectivity index (χ4v) is 4.01. The first kappa shape index (κ1) is 24.0. The van der Waals surface area contributed by atoms with Crippen LogP contribution in [-0.2, 0) is 4.79 Å². The van der Waals surface area contributed by atoms with Crippen LogP contribution in [0.2, 0.25) is 0 Å². The van der Waals surface area contributed by atoms with Crippen molar-refractivity contribution in [2.75, 3.05) is 18.4 Å². The Morgan fingerprint density at radius 1 is 1.11 bits per heavy atom. The Morgan fingerprint density at radius 3 is 2.51 bits per heavy atom. The second-order valence-corrected chi connectivity index (χ2v) is 8.09. The largest absolute Gasteiger partial charge is 0.451 e. The van der Waals surface area contributed by atoms with Crippen molar-refractivity contribution >= 4 is 23.0 Å². The van der Waals surface area contributed by atoms with Crippen molar-refractivity contribution in [3.8, 4) is 11.5 Å². The zero-order valence-corrected chi connectivity index (χ0v) is 18.7. The van der Waals surface area contributed by atoms with E-state index in [1.165, 1.54) is 30.5 Å². The third-order valence-electron chi connectivity index (χ3n) is 5.76. The molecule has 1 aromatic heterocycles. The normalized spacial score (nSPS) is 15.4. The fraction of sp³-hybridized carbons (Fsp3) is 0.192. The molecular weight excluding hydrogens is 457 g/mol. The number of halogens is 3. The summed E-state index contributed by atoms with van der Waals surface area (Å²) in [4.78, 5) is 17.5. The number of amides is 1. The summed E-state index contributed by atoms with van der Waals surface area (Å²) in [6.07, 6.45) is 5.05. The standard InChI is InChI=1S/C26H23F3N4O2/c1-2-23(34)33-12-4-5-16(15-33)25(30)24-21(29)13-31-14-22(24)32-17-8-10-18(11-9-17)35-26-19(27)6-3-7-20(26)28/h2-3,6-11,13-14,16,30,32H,1,4-5,12,15H2. The summed E-state index contributed by atoms with van der Waals surface area (Å²) < 4.78 is 47.8. The van der Waals surface area contributed by atoms with Crippen LogP contribution in [0.1, 0.15) is 18.4 Å². The molecule has 4 rings (SSSR count). The van der Waals surface area contributed by atoms with Crippen LogP contribution in [0, 0.1) is 28.8 Å². The summed E-state index contributed by atoms with van der Waals surface area (Å²) in [5, 5.41) is 11.7. The Hall–Kier alpha value is -4.14. The Morgan fingerprint density at radius 2 is 1.83 bits per heavy atom. The van der Waals surface area contributed by atoms with Gasteiger partial charge in [-0.15, -0.1) is 0 Å². The lowest BCUT2D eigenvalue weighted by atomic mass is 9.88. The van der Waals surface area contributed by atoms with Crippen molar-refractivity contribution in [3.05, 3.63) is 90.5 Å². The Bertz CT molecular complexity index is 1240. The van der Waals surface area contributed by atoms with Gasteiger partial charge >= 0.3 is 0 Å². The van der Waals surface area contributed by atoms with Crippen LogP contribution >= 0.6 is 0 Å². The Kier molecular flexibility index (Phi) is 7.14. The number of rotatable bonds is 7. The summed E-state index contributed by atoms with van der Waals surface area (Å²) in [6.45, 7) is 4.39. The number of benzene rings is 2. The molecule has 0 aliphatic carbocycles. The van der Waals surface area contributed by atoms with Crippen LogP contribution in [0.3, 0.4) is 0 Å². The van der Waals surface area contributed by atoms with E-state index >= 15 is 0 Å². The molecule has 1 fully saturated rings. The summed E-state index contributed by atoms with van der Waals surface area (Å²) >= 11 is 0. The van der Waals surface area contributed by atoms with E-state index < -0.39 is 23.2 Å². The molecule has 3 aromatic rings. The first-order valence-corrected chi connectivity index (χ1v) is 11.0. The van der Waals surface area contributed by atoms with Crippen molar-refractivity contribution in [2.45, 2.75) is 12.8 Å². The van der Waals surface area contributed by atoms with E-state index in [1.54, 1.807) is 17.0 Å². The van der Waals surface area contributed by atoms with Gasteiger partial charge in [-0.3, -0.25) is 9.78 Å². The fourth-order valence-electron chi connectivity index (χ4n) is 4.01. The molecule has 1 unspecified atom stereocenters. The minimum absolute atomic E-state index is 0.0731. The van der Waals surface area contributed by atoms with Gasteiger partial charge in [-0.1, -0.05) is 12.6 Å². The molecule has 0 bridgehead atoms. The first-order chi connectivity index (χ1) is 16.9. The van der Waals surface area contributed by atoms with Gasteiger partial charge in [-0.2, -0.15) is 0 Å². The highest BCUT2D eigenvalue weighted by Gasteiger charge is 2.29. The SMILES string of the molecule is C=CC(=O)N1CCCC(C(=N)c2c(F)cncc2Nc2ccc(Oc3c(F)cccc3F)cc2)C1. The molecule has 0 radical (unpaired) electrons. The van der Waals surface area contributed by atoms with Gasteiger partial charge in [0.1, 0.15) is 5.75 Å². The van der Waals surface area contributed by atoms with Gasteiger partial charge < -0.3 is 20.4 Å². The van der Waals surface area contributed by atoms with Crippen LogP contribution < -0.4 is 10.1 Å². The van der Waals surface area contributed by atoms with E-state index in [2.05, 4.69) is 16.9 Å². The number of para-hydroxylation sites is 1. The zero-order chi connectivity index (χ0) is 24.9. The minimum atomic E-state index is -0.822. The van der Waals surface area contributed by atoms with Crippen molar-refractivity contribution in [1.82, 2.24) is 9.88 Å². The lowest BCUT2D eigenvalue weighted by Crippen LogP contribution is -2.41. The van der Waals surface area contributed by atoms with Crippen LogP contribution in [0.4, 0.5) is 24.5 Å². The number of nitrogens with one attached hydrogen (secondary N) is 2. The molecule has 6 nitrogen and oxygen atoms in total. The number of carbonyl (C=O) groups excluding carboxylic acids is 1. The van der Waals surface area contributed by atoms with Gasteiger partial charge in [0.25, 0.3) is 0 Å². The first-order valence-electron chi connectivity index (χ1n) is 11.0. The molecule has 2 aromatic carbocycles. The number of aromatic nitrogens is 1. The number of hydrogen-bond donors (Lipinski definition) is 2. The average Bonchev–Trinajstić information content (AvgIpc) is 2.87. The number of anilines is 2. The molecule has 2 heterocycles. The summed E-state index contributed by atoms with van der Waals surface area (Å²) in [5.74, 6) is -3.14. The van der Waals surface area contributed by atoms with E-state index in [0.29, 0.717) is 31.6 Å². The van der Waals surface area contributed by atoms with E-state index in [0.717, 1.165) is 18.3 Å². The molecular formula is C26H23F3N4O2. The van der Waals surface area contributed by atoms with E-state index in [-0.39, 0.29) is 34.5 Å². The molecule has 1 aliphatic rings. The molecule has 1 atom stereocenters. The second kappa shape index (κ2) is 10.4. The number of hydrogen-bond acceptors (Lipinski definition) is 5. The van der Waals surface area contributed by atoms with Gasteiger partial charge in [-0.05, 0) is 55.3 Å². The number of likely N-dealkylation sites (tertiary alicyclic amines) is 1. The van der Waals surface area contributed by atoms with Gasteiger partial charge in [0, 0.05) is 30.4 Å². The molecule has 0 saturated carbocycles. The lowest BCUT2D eigenvalue weighted by Gasteiger charge is -2.33. The molecule has 1 saturated heterocycles. The van der Waals surface area contributed by atoms with Crippen LogP contribution in [0.5, 0.6) is 11.5 Å². The topological polar surface area (TPSA) is 78.3 Å². The Balaban J connectivity index is 1.52. The van der Waals surface area contributed by atoms with E-state index in [9.17, 15) is 18.0 Å². The third kappa shape index (κ3) is 5.34. The highest BCUT2D eigenvalue weighted by atomic mass is 19.1. The highest BCUT2D eigenvalue weighted by Crippen LogP contribution is 2.31. The third-order valence-corrected chi connectivity index (χ3v) is 5.76. The number of ether oxygens (including phenoxy) is 1. The van der Waals surface area contributed by atoms with Crippen molar-refractivity contribution < 1.29 is 22.7 Å². The van der Waals surface area contributed by atoms with E-state index in [4.69, 9.17) is 10.1 Å². The highest BCUT2D eigenvalue weighted by molar-refractivity contribution is 6.05. The second-order valence-electron chi connectivity index (χ2n) is 8.09. The molecule has 180 valence electrons. The maximum absolute atomic E-state index is 14.8. The number of pyridine rings is 1. The van der Waals surface area contributed by atoms with Crippen LogP contribution in [0.25, 0.3) is 0 Å². The number of carbonyl (C=O) groups is 1. The number of piperidine rings is 1. The number of nitrogens with zero attached hydrogens (tertiary/aromatic N) is 2. The smallest absolute Gasteiger partial charge is 0.245 e. The van der Waals surface area contributed by atoms with Gasteiger partial charge in [-0.25, -0.2) is 13.2 Å². The van der Waals surface area contributed by atoms with Crippen molar-refractivity contribution in [3.63, 3.8) is 0 Å². The zero-order valence-electron chi connectivity index (χ0n) is 18.7. The quantitative estimate of drug-likeness (QED) is 0.330. The summed E-state index contributed by atoms with van der Waals surface area (Å²) in [7, 11) is 0. The van der Waals surface area contributed by atoms with Gasteiger partial charge in [0.05, 0.1) is 23.6 Å². The minimum Gasteiger partial charge on any atom is -0.451 e. The molecule has 0 spiro atoms. The predicted molar refractivity (Wildman–Crippen MR) is 127 cm³/mol.